The van der Waals surface area contributed by atoms with Crippen LogP contribution in [0.2, 0.25) is 0 Å². The maximum atomic E-state index is 11.5. The quantitative estimate of drug-likeness (QED) is 0.768. The highest BCUT2D eigenvalue weighted by Crippen LogP contribution is 2.36. The monoisotopic (exact) mass is 249 g/mol. The molecule has 4 heteroatoms. The fourth-order valence-corrected chi connectivity index (χ4v) is 2.29. The first-order valence-corrected chi connectivity index (χ1v) is 6.07. The normalized spacial score (nSPS) is 22.9. The SMILES string of the molecule is COC(=O)CN1[C@@H](c2ccccc2)COC1(C)C. The van der Waals surface area contributed by atoms with Crippen molar-refractivity contribution in [1.82, 2.24) is 4.90 Å². The number of methoxy groups -OCH3 is 1. The average Bonchev–Trinajstić information content (AvgIpc) is 2.66. The van der Waals surface area contributed by atoms with Crippen LogP contribution in [0.25, 0.3) is 0 Å². The summed E-state index contributed by atoms with van der Waals surface area (Å²) in [6.45, 7) is 4.77. The molecule has 1 atom stereocenters. The topological polar surface area (TPSA) is 38.8 Å². The summed E-state index contributed by atoms with van der Waals surface area (Å²) in [5.41, 5.74) is 0.710. The summed E-state index contributed by atoms with van der Waals surface area (Å²) >= 11 is 0. The van der Waals surface area contributed by atoms with Gasteiger partial charge in [0.05, 0.1) is 26.3 Å². The number of ether oxygens (including phenoxy) is 2. The Hall–Kier alpha value is -1.39. The number of rotatable bonds is 3. The highest BCUT2D eigenvalue weighted by atomic mass is 16.5. The maximum Gasteiger partial charge on any atom is 0.319 e. The molecule has 0 radical (unpaired) electrons. The van der Waals surface area contributed by atoms with Crippen LogP contribution in [-0.2, 0) is 14.3 Å². The van der Waals surface area contributed by atoms with Crippen LogP contribution in [0.3, 0.4) is 0 Å². The van der Waals surface area contributed by atoms with E-state index in [1.54, 1.807) is 0 Å². The van der Waals surface area contributed by atoms with Crippen LogP contribution in [0.4, 0.5) is 0 Å². The molecule has 4 nitrogen and oxygen atoms in total. The third-order valence-electron chi connectivity index (χ3n) is 3.37. The molecule has 1 saturated heterocycles. The van der Waals surface area contributed by atoms with Crippen molar-refractivity contribution in [2.45, 2.75) is 25.6 Å². The highest BCUT2D eigenvalue weighted by molar-refractivity contribution is 5.71. The minimum atomic E-state index is -0.450. The Bertz CT molecular complexity index is 416. The van der Waals surface area contributed by atoms with E-state index >= 15 is 0 Å². The van der Waals surface area contributed by atoms with Crippen molar-refractivity contribution in [2.24, 2.45) is 0 Å². The molecule has 1 heterocycles. The Labute approximate surface area is 107 Å². The first-order valence-electron chi connectivity index (χ1n) is 6.07. The summed E-state index contributed by atoms with van der Waals surface area (Å²) in [5.74, 6) is -0.241. The first-order chi connectivity index (χ1) is 8.54. The number of carbonyl (C=O) groups is 1. The standard InChI is InChI=1S/C14H19NO3/c1-14(2)15(9-13(16)17-3)12(10-18-14)11-7-5-4-6-8-11/h4-8,12H,9-10H2,1-3H3/t12-/m1/s1. The second-order valence-electron chi connectivity index (χ2n) is 4.89. The molecule has 0 aliphatic carbocycles. The Balaban J connectivity index is 2.22. The number of nitrogens with zero attached hydrogens (tertiary/aromatic N) is 1. The Morgan fingerprint density at radius 2 is 2.11 bits per heavy atom. The molecule has 0 aromatic heterocycles. The van der Waals surface area contributed by atoms with E-state index in [0.717, 1.165) is 5.56 Å². The molecule has 2 rings (SSSR count). The second-order valence-corrected chi connectivity index (χ2v) is 4.89. The zero-order valence-corrected chi connectivity index (χ0v) is 11.1. The third kappa shape index (κ3) is 2.54. The molecule has 0 N–H and O–H groups in total. The van der Waals surface area contributed by atoms with Crippen molar-refractivity contribution in [3.8, 4) is 0 Å². The smallest absolute Gasteiger partial charge is 0.319 e. The van der Waals surface area contributed by atoms with E-state index in [1.165, 1.54) is 7.11 Å². The van der Waals surface area contributed by atoms with Gasteiger partial charge in [0.1, 0.15) is 5.72 Å². The van der Waals surface area contributed by atoms with Gasteiger partial charge in [-0.2, -0.15) is 0 Å². The van der Waals surface area contributed by atoms with Crippen LogP contribution in [0.1, 0.15) is 25.5 Å². The van der Waals surface area contributed by atoms with Gasteiger partial charge in [-0.1, -0.05) is 30.3 Å². The van der Waals surface area contributed by atoms with Gasteiger partial charge in [0.15, 0.2) is 0 Å². The van der Waals surface area contributed by atoms with Gasteiger partial charge in [-0.3, -0.25) is 9.69 Å². The van der Waals surface area contributed by atoms with Crippen molar-refractivity contribution in [3.63, 3.8) is 0 Å². The summed E-state index contributed by atoms with van der Waals surface area (Å²) in [6, 6.07) is 10.2. The van der Waals surface area contributed by atoms with Crippen molar-refractivity contribution in [3.05, 3.63) is 35.9 Å². The predicted molar refractivity (Wildman–Crippen MR) is 67.9 cm³/mol. The maximum absolute atomic E-state index is 11.5. The summed E-state index contributed by atoms with van der Waals surface area (Å²) < 4.78 is 10.5. The number of esters is 1. The third-order valence-corrected chi connectivity index (χ3v) is 3.37. The molecule has 0 bridgehead atoms. The van der Waals surface area contributed by atoms with Crippen LogP contribution in [-0.4, -0.2) is 36.9 Å². The number of benzene rings is 1. The molecule has 1 aromatic rings. The molecule has 1 aliphatic heterocycles. The largest absolute Gasteiger partial charge is 0.468 e. The molecule has 1 aromatic carbocycles. The van der Waals surface area contributed by atoms with Gasteiger partial charge in [0.25, 0.3) is 0 Å². The highest BCUT2D eigenvalue weighted by Gasteiger charge is 2.42. The van der Waals surface area contributed by atoms with Gasteiger partial charge in [-0.05, 0) is 19.4 Å². The van der Waals surface area contributed by atoms with E-state index in [9.17, 15) is 4.79 Å². The lowest BCUT2D eigenvalue weighted by molar-refractivity contribution is -0.147. The van der Waals surface area contributed by atoms with E-state index < -0.39 is 5.72 Å². The van der Waals surface area contributed by atoms with Crippen LogP contribution in [0.15, 0.2) is 30.3 Å². The molecule has 18 heavy (non-hydrogen) atoms. The van der Waals surface area contributed by atoms with E-state index in [2.05, 4.69) is 12.1 Å². The molecule has 0 amide bonds. The van der Waals surface area contributed by atoms with E-state index in [1.807, 2.05) is 36.9 Å². The van der Waals surface area contributed by atoms with E-state index in [4.69, 9.17) is 9.47 Å². The second kappa shape index (κ2) is 5.08. The average molecular weight is 249 g/mol. The zero-order valence-electron chi connectivity index (χ0n) is 11.1. The summed E-state index contributed by atoms with van der Waals surface area (Å²) in [7, 11) is 1.41. The van der Waals surface area contributed by atoms with Crippen molar-refractivity contribution in [2.75, 3.05) is 20.3 Å². The number of hydrogen-bond donors (Lipinski definition) is 0. The van der Waals surface area contributed by atoms with Crippen molar-refractivity contribution < 1.29 is 14.3 Å². The zero-order chi connectivity index (χ0) is 13.2. The van der Waals surface area contributed by atoms with Gasteiger partial charge in [-0.25, -0.2) is 0 Å². The lowest BCUT2D eigenvalue weighted by Gasteiger charge is -2.32. The lowest BCUT2D eigenvalue weighted by atomic mass is 10.1. The van der Waals surface area contributed by atoms with Crippen LogP contribution >= 0.6 is 0 Å². The van der Waals surface area contributed by atoms with Crippen molar-refractivity contribution >= 4 is 5.97 Å². The predicted octanol–water partition coefficient (Wildman–Crippen LogP) is 1.97. The molecular formula is C14H19NO3. The van der Waals surface area contributed by atoms with Gasteiger partial charge in [0, 0.05) is 0 Å². The van der Waals surface area contributed by atoms with E-state index in [0.29, 0.717) is 6.61 Å². The van der Waals surface area contributed by atoms with Gasteiger partial charge < -0.3 is 9.47 Å². The molecule has 1 fully saturated rings. The number of carbonyl (C=O) groups excluding carboxylic acids is 1. The van der Waals surface area contributed by atoms with Crippen LogP contribution in [0, 0.1) is 0 Å². The number of hydrogen-bond acceptors (Lipinski definition) is 4. The van der Waals surface area contributed by atoms with Gasteiger partial charge >= 0.3 is 5.97 Å². The molecule has 98 valence electrons. The summed E-state index contributed by atoms with van der Waals surface area (Å²) in [4.78, 5) is 13.5. The van der Waals surface area contributed by atoms with E-state index in [-0.39, 0.29) is 18.6 Å². The molecule has 0 unspecified atom stereocenters. The van der Waals surface area contributed by atoms with Crippen LogP contribution < -0.4 is 0 Å². The van der Waals surface area contributed by atoms with Crippen LogP contribution in [0.5, 0.6) is 0 Å². The molecule has 1 aliphatic rings. The summed E-state index contributed by atoms with van der Waals surface area (Å²) in [6.07, 6.45) is 0. The lowest BCUT2D eigenvalue weighted by Crippen LogP contribution is -2.43. The summed E-state index contributed by atoms with van der Waals surface area (Å²) in [5, 5.41) is 0. The molecule has 0 spiro atoms. The Morgan fingerprint density at radius 1 is 1.44 bits per heavy atom. The van der Waals surface area contributed by atoms with Gasteiger partial charge in [-0.15, -0.1) is 0 Å². The Kier molecular flexibility index (Phi) is 3.68. The molecular weight excluding hydrogens is 230 g/mol. The fraction of sp³-hybridized carbons (Fsp3) is 0.500. The minimum absolute atomic E-state index is 0.0975. The Morgan fingerprint density at radius 3 is 2.72 bits per heavy atom. The first kappa shape index (κ1) is 13.1. The van der Waals surface area contributed by atoms with Crippen molar-refractivity contribution in [1.29, 1.82) is 0 Å². The van der Waals surface area contributed by atoms with Gasteiger partial charge in [0.2, 0.25) is 0 Å². The molecule has 0 saturated carbocycles. The minimum Gasteiger partial charge on any atom is -0.468 e. The fourth-order valence-electron chi connectivity index (χ4n) is 2.29.